The Morgan fingerprint density at radius 2 is 2.05 bits per heavy atom. The van der Waals surface area contributed by atoms with E-state index in [1.165, 1.54) is 28.7 Å². The Balaban J connectivity index is 2.16. The highest BCUT2D eigenvalue weighted by molar-refractivity contribution is 7.99. The molecular formula is C16H20N2OS2. The minimum atomic E-state index is 0.00101. The molecule has 0 radical (unpaired) electrons. The van der Waals surface area contributed by atoms with Crippen molar-refractivity contribution >= 4 is 34.1 Å². The summed E-state index contributed by atoms with van der Waals surface area (Å²) < 4.78 is 0. The van der Waals surface area contributed by atoms with E-state index in [9.17, 15) is 4.79 Å². The summed E-state index contributed by atoms with van der Waals surface area (Å²) >= 11 is 3.03. The zero-order valence-corrected chi connectivity index (χ0v) is 14.2. The monoisotopic (exact) mass is 320 g/mol. The molecule has 1 amide bonds. The second kappa shape index (κ2) is 7.61. The summed E-state index contributed by atoms with van der Waals surface area (Å²) in [5.41, 5.74) is 3.42. The Bertz CT molecular complexity index is 605. The Hall–Kier alpha value is -1.33. The zero-order chi connectivity index (χ0) is 15.2. The van der Waals surface area contributed by atoms with Crippen molar-refractivity contribution in [2.75, 3.05) is 17.3 Å². The standard InChI is InChI=1S/C16H20N2OS2/c1-4-5-12-6-8-13(9-7-12)15-11(2)21-16(18-15)17-14(19)10-20-3/h6-9H,4-5,10H2,1-3H3,(H,17,18,19). The molecule has 1 aromatic carbocycles. The number of anilines is 1. The van der Waals surface area contributed by atoms with Gasteiger partial charge in [0.1, 0.15) is 0 Å². The van der Waals surface area contributed by atoms with Crippen LogP contribution in [0.1, 0.15) is 23.8 Å². The third-order valence-corrected chi connectivity index (χ3v) is 4.52. The van der Waals surface area contributed by atoms with Crippen LogP contribution >= 0.6 is 23.1 Å². The van der Waals surface area contributed by atoms with Crippen molar-refractivity contribution in [2.24, 2.45) is 0 Å². The van der Waals surface area contributed by atoms with Crippen molar-refractivity contribution < 1.29 is 4.79 Å². The minimum Gasteiger partial charge on any atom is -0.301 e. The molecule has 0 atom stereocenters. The topological polar surface area (TPSA) is 42.0 Å². The van der Waals surface area contributed by atoms with Gasteiger partial charge in [-0.2, -0.15) is 11.8 Å². The van der Waals surface area contributed by atoms with Gasteiger partial charge in [0.15, 0.2) is 5.13 Å². The molecule has 2 rings (SSSR count). The summed E-state index contributed by atoms with van der Waals surface area (Å²) in [5.74, 6) is 0.459. The lowest BCUT2D eigenvalue weighted by molar-refractivity contribution is -0.113. The van der Waals surface area contributed by atoms with E-state index in [-0.39, 0.29) is 5.91 Å². The lowest BCUT2D eigenvalue weighted by atomic mass is 10.1. The van der Waals surface area contributed by atoms with Crippen LogP contribution in [-0.4, -0.2) is 22.9 Å². The molecule has 2 aromatic rings. The van der Waals surface area contributed by atoms with Gasteiger partial charge >= 0.3 is 0 Å². The number of nitrogens with zero attached hydrogens (tertiary/aromatic N) is 1. The van der Waals surface area contributed by atoms with Crippen LogP contribution in [0.3, 0.4) is 0 Å². The Labute approximate surface area is 134 Å². The highest BCUT2D eigenvalue weighted by atomic mass is 32.2. The molecular weight excluding hydrogens is 300 g/mol. The van der Waals surface area contributed by atoms with Crippen LogP contribution in [0.15, 0.2) is 24.3 Å². The number of thioether (sulfide) groups is 1. The molecule has 0 unspecified atom stereocenters. The molecule has 21 heavy (non-hydrogen) atoms. The Kier molecular flexibility index (Phi) is 5.82. The van der Waals surface area contributed by atoms with Gasteiger partial charge < -0.3 is 5.32 Å². The molecule has 112 valence electrons. The first-order valence-electron chi connectivity index (χ1n) is 6.99. The second-order valence-corrected chi connectivity index (χ2v) is 6.92. The maximum atomic E-state index is 11.6. The van der Waals surface area contributed by atoms with Gasteiger partial charge in [-0.3, -0.25) is 4.79 Å². The van der Waals surface area contributed by atoms with Crippen molar-refractivity contribution in [1.82, 2.24) is 4.98 Å². The highest BCUT2D eigenvalue weighted by Gasteiger charge is 2.11. The molecule has 0 saturated heterocycles. The quantitative estimate of drug-likeness (QED) is 0.859. The normalized spacial score (nSPS) is 10.6. The number of benzene rings is 1. The van der Waals surface area contributed by atoms with Crippen molar-refractivity contribution in [2.45, 2.75) is 26.7 Å². The number of hydrogen-bond acceptors (Lipinski definition) is 4. The smallest absolute Gasteiger partial charge is 0.236 e. The van der Waals surface area contributed by atoms with Gasteiger partial charge in [-0.25, -0.2) is 4.98 Å². The second-order valence-electron chi connectivity index (χ2n) is 4.85. The van der Waals surface area contributed by atoms with Crippen LogP contribution in [0, 0.1) is 6.92 Å². The fourth-order valence-electron chi connectivity index (χ4n) is 2.12. The number of carbonyl (C=O) groups is 1. The fourth-order valence-corrected chi connectivity index (χ4v) is 3.31. The van der Waals surface area contributed by atoms with E-state index >= 15 is 0 Å². The van der Waals surface area contributed by atoms with Crippen molar-refractivity contribution in [1.29, 1.82) is 0 Å². The minimum absolute atomic E-state index is 0.00101. The van der Waals surface area contributed by atoms with Crippen LogP contribution in [0.5, 0.6) is 0 Å². The molecule has 0 spiro atoms. The van der Waals surface area contributed by atoms with Crippen molar-refractivity contribution in [3.05, 3.63) is 34.7 Å². The van der Waals surface area contributed by atoms with Crippen molar-refractivity contribution in [3.63, 3.8) is 0 Å². The maximum Gasteiger partial charge on any atom is 0.236 e. The molecule has 0 saturated carbocycles. The van der Waals surface area contributed by atoms with Crippen LogP contribution in [0.25, 0.3) is 11.3 Å². The average molecular weight is 320 g/mol. The number of aryl methyl sites for hydroxylation is 2. The zero-order valence-electron chi connectivity index (χ0n) is 12.6. The molecule has 0 aliphatic carbocycles. The highest BCUT2D eigenvalue weighted by Crippen LogP contribution is 2.30. The van der Waals surface area contributed by atoms with Crippen LogP contribution in [0.2, 0.25) is 0 Å². The van der Waals surface area contributed by atoms with Gasteiger partial charge in [-0.15, -0.1) is 11.3 Å². The van der Waals surface area contributed by atoms with Gasteiger partial charge in [0.05, 0.1) is 11.4 Å². The van der Waals surface area contributed by atoms with Gasteiger partial charge in [-0.1, -0.05) is 37.6 Å². The lowest BCUT2D eigenvalue weighted by Crippen LogP contribution is -2.13. The molecule has 0 aliphatic rings. The average Bonchev–Trinajstić information content (AvgIpc) is 2.81. The first-order chi connectivity index (χ1) is 10.1. The number of hydrogen-bond donors (Lipinski definition) is 1. The number of amides is 1. The predicted octanol–water partition coefficient (Wildman–Crippen LogP) is 4.37. The van der Waals surface area contributed by atoms with E-state index in [1.807, 2.05) is 13.2 Å². The van der Waals surface area contributed by atoms with Gasteiger partial charge in [0.2, 0.25) is 5.91 Å². The summed E-state index contributed by atoms with van der Waals surface area (Å²) in [5, 5.41) is 3.53. The van der Waals surface area contributed by atoms with Gasteiger partial charge in [0.25, 0.3) is 0 Å². The number of nitrogens with one attached hydrogen (secondary N) is 1. The van der Waals surface area contributed by atoms with Crippen LogP contribution < -0.4 is 5.32 Å². The molecule has 0 aliphatic heterocycles. The Morgan fingerprint density at radius 1 is 1.33 bits per heavy atom. The van der Waals surface area contributed by atoms with Gasteiger partial charge in [0, 0.05) is 10.4 Å². The predicted molar refractivity (Wildman–Crippen MR) is 93.3 cm³/mol. The molecule has 1 heterocycles. The first-order valence-corrected chi connectivity index (χ1v) is 9.20. The van der Waals surface area contributed by atoms with E-state index in [0.717, 1.165) is 29.0 Å². The summed E-state index contributed by atoms with van der Waals surface area (Å²) in [7, 11) is 0. The van der Waals surface area contributed by atoms with E-state index in [0.29, 0.717) is 10.9 Å². The number of thiazole rings is 1. The SMILES string of the molecule is CCCc1ccc(-c2nc(NC(=O)CSC)sc2C)cc1. The number of carbonyl (C=O) groups excluding carboxylic acids is 1. The number of rotatable bonds is 6. The summed E-state index contributed by atoms with van der Waals surface area (Å²) in [6.07, 6.45) is 4.17. The van der Waals surface area contributed by atoms with E-state index in [1.54, 1.807) is 0 Å². The van der Waals surface area contributed by atoms with Crippen LogP contribution in [-0.2, 0) is 11.2 Å². The molecule has 0 fully saturated rings. The van der Waals surface area contributed by atoms with Gasteiger partial charge in [-0.05, 0) is 25.2 Å². The molecule has 3 nitrogen and oxygen atoms in total. The molecule has 1 N–H and O–H groups in total. The van der Waals surface area contributed by atoms with Crippen molar-refractivity contribution in [3.8, 4) is 11.3 Å². The fraction of sp³-hybridized carbons (Fsp3) is 0.375. The first kappa shape index (κ1) is 16.0. The maximum absolute atomic E-state index is 11.6. The third-order valence-electron chi connectivity index (χ3n) is 3.08. The number of aromatic nitrogens is 1. The lowest BCUT2D eigenvalue weighted by Gasteiger charge is -2.02. The van der Waals surface area contributed by atoms with E-state index in [2.05, 4.69) is 41.5 Å². The van der Waals surface area contributed by atoms with E-state index in [4.69, 9.17) is 0 Å². The van der Waals surface area contributed by atoms with Crippen LogP contribution in [0.4, 0.5) is 5.13 Å². The molecule has 1 aromatic heterocycles. The Morgan fingerprint density at radius 3 is 2.67 bits per heavy atom. The summed E-state index contributed by atoms with van der Waals surface area (Å²) in [4.78, 5) is 17.3. The van der Waals surface area contributed by atoms with E-state index < -0.39 is 0 Å². The largest absolute Gasteiger partial charge is 0.301 e. The third kappa shape index (κ3) is 4.32. The summed E-state index contributed by atoms with van der Waals surface area (Å²) in [6.45, 7) is 4.22. The molecule has 0 bridgehead atoms. The summed E-state index contributed by atoms with van der Waals surface area (Å²) in [6, 6.07) is 8.54. The molecule has 5 heteroatoms.